The van der Waals surface area contributed by atoms with E-state index < -0.39 is 21.8 Å². The summed E-state index contributed by atoms with van der Waals surface area (Å²) in [5.74, 6) is -0.631. The molecule has 2 aliphatic heterocycles. The Kier molecular flexibility index (Phi) is 6.39. The molecule has 1 aromatic carbocycles. The van der Waals surface area contributed by atoms with Crippen LogP contribution in [0.25, 0.3) is 0 Å². The topological polar surface area (TPSA) is 113 Å². The maximum Gasteiger partial charge on any atom is 0.256 e. The Morgan fingerprint density at radius 3 is 2.56 bits per heavy atom. The second kappa shape index (κ2) is 8.93. The first-order valence-corrected chi connectivity index (χ1v) is 13.0. The van der Waals surface area contributed by atoms with Crippen LogP contribution >= 0.6 is 11.3 Å². The molecule has 0 spiro atoms. The molecule has 0 unspecified atom stereocenters. The standard InChI is InChI=1S/C22H28N4O4S2/c1-14-4-3-10-26(12-14)32(29,30)16-7-5-15(6-8-16)21(28)24-22-19(20(23)27)17-9-11-25(2)13-18(17)31-22/h5-8,14H,3-4,9-13H2,1-2H3,(H2,23,27)(H,24,28)/t14-/m1/s1. The minimum Gasteiger partial charge on any atom is -0.365 e. The summed E-state index contributed by atoms with van der Waals surface area (Å²) in [4.78, 5) is 28.3. The fourth-order valence-corrected chi connectivity index (χ4v) is 7.27. The van der Waals surface area contributed by atoms with E-state index >= 15 is 0 Å². The van der Waals surface area contributed by atoms with Crippen molar-refractivity contribution in [1.29, 1.82) is 0 Å². The Morgan fingerprint density at radius 2 is 1.91 bits per heavy atom. The van der Waals surface area contributed by atoms with Gasteiger partial charge in [0, 0.05) is 36.6 Å². The van der Waals surface area contributed by atoms with Crippen LogP contribution in [0.4, 0.5) is 5.00 Å². The molecule has 2 aromatic rings. The minimum absolute atomic E-state index is 0.176. The average Bonchev–Trinajstić information content (AvgIpc) is 3.10. The second-order valence-corrected chi connectivity index (χ2v) is 11.7. The van der Waals surface area contributed by atoms with Crippen LogP contribution in [0, 0.1) is 5.92 Å². The number of amides is 2. The highest BCUT2D eigenvalue weighted by molar-refractivity contribution is 7.89. The quantitative estimate of drug-likeness (QED) is 0.689. The normalized spacial score (nSPS) is 20.0. The molecule has 3 N–H and O–H groups in total. The summed E-state index contributed by atoms with van der Waals surface area (Å²) in [6, 6.07) is 5.93. The van der Waals surface area contributed by atoms with Crippen LogP contribution in [0.1, 0.15) is 50.9 Å². The first-order chi connectivity index (χ1) is 15.2. The molecule has 1 atom stereocenters. The van der Waals surface area contributed by atoms with Crippen molar-refractivity contribution >= 4 is 38.2 Å². The number of nitrogens with one attached hydrogen (secondary N) is 1. The number of nitrogens with zero attached hydrogens (tertiary/aromatic N) is 2. The summed E-state index contributed by atoms with van der Waals surface area (Å²) < 4.78 is 27.4. The summed E-state index contributed by atoms with van der Waals surface area (Å²) in [7, 11) is -1.58. The minimum atomic E-state index is -3.58. The van der Waals surface area contributed by atoms with Crippen molar-refractivity contribution in [2.75, 3.05) is 32.0 Å². The molecule has 0 saturated carbocycles. The van der Waals surface area contributed by atoms with E-state index in [1.165, 1.54) is 39.9 Å². The van der Waals surface area contributed by atoms with Crippen LogP contribution in [-0.4, -0.2) is 56.1 Å². The molecule has 0 radical (unpaired) electrons. The van der Waals surface area contributed by atoms with Gasteiger partial charge in [0.25, 0.3) is 11.8 Å². The molecule has 2 amide bonds. The van der Waals surface area contributed by atoms with E-state index in [0.29, 0.717) is 48.1 Å². The van der Waals surface area contributed by atoms with Gasteiger partial charge in [-0.1, -0.05) is 6.92 Å². The van der Waals surface area contributed by atoms with Crippen molar-refractivity contribution < 1.29 is 18.0 Å². The van der Waals surface area contributed by atoms with Gasteiger partial charge in [0.15, 0.2) is 0 Å². The summed E-state index contributed by atoms with van der Waals surface area (Å²) in [6.07, 6.45) is 2.59. The summed E-state index contributed by atoms with van der Waals surface area (Å²) in [6.45, 7) is 4.61. The van der Waals surface area contributed by atoms with Gasteiger partial charge in [-0.25, -0.2) is 8.42 Å². The van der Waals surface area contributed by atoms with Crippen LogP contribution in [0.2, 0.25) is 0 Å². The maximum absolute atomic E-state index is 12.9. The van der Waals surface area contributed by atoms with Gasteiger partial charge < -0.3 is 16.0 Å². The largest absolute Gasteiger partial charge is 0.365 e. The van der Waals surface area contributed by atoms with E-state index in [-0.39, 0.29) is 4.90 Å². The van der Waals surface area contributed by atoms with E-state index in [4.69, 9.17) is 5.73 Å². The molecule has 10 heteroatoms. The van der Waals surface area contributed by atoms with Crippen molar-refractivity contribution in [1.82, 2.24) is 9.21 Å². The van der Waals surface area contributed by atoms with E-state index in [1.807, 2.05) is 7.05 Å². The lowest BCUT2D eigenvalue weighted by atomic mass is 10.0. The Balaban J connectivity index is 1.53. The predicted molar refractivity (Wildman–Crippen MR) is 124 cm³/mol. The number of likely N-dealkylation sites (N-methyl/N-ethyl adjacent to an activating group) is 1. The van der Waals surface area contributed by atoms with E-state index in [9.17, 15) is 18.0 Å². The number of hydrogen-bond donors (Lipinski definition) is 2. The molecule has 0 aliphatic carbocycles. The number of benzene rings is 1. The van der Waals surface area contributed by atoms with Crippen LogP contribution in [0.3, 0.4) is 0 Å². The third kappa shape index (κ3) is 4.45. The Hall–Kier alpha value is -2.27. The third-order valence-electron chi connectivity index (χ3n) is 6.10. The first-order valence-electron chi connectivity index (χ1n) is 10.7. The van der Waals surface area contributed by atoms with Gasteiger partial charge in [-0.15, -0.1) is 11.3 Å². The molecular formula is C22H28N4O4S2. The molecule has 0 bridgehead atoms. The molecule has 2 aliphatic rings. The van der Waals surface area contributed by atoms with E-state index in [1.54, 1.807) is 0 Å². The molecular weight excluding hydrogens is 448 g/mol. The van der Waals surface area contributed by atoms with Gasteiger partial charge in [0.05, 0.1) is 10.5 Å². The molecule has 172 valence electrons. The van der Waals surface area contributed by atoms with Gasteiger partial charge in [-0.05, 0) is 62.1 Å². The zero-order chi connectivity index (χ0) is 23.0. The van der Waals surface area contributed by atoms with E-state index in [0.717, 1.165) is 29.8 Å². The number of rotatable bonds is 5. The van der Waals surface area contributed by atoms with Crippen molar-refractivity contribution in [3.63, 3.8) is 0 Å². The Bertz CT molecular complexity index is 1140. The Labute approximate surface area is 192 Å². The number of fused-ring (bicyclic) bond motifs is 1. The average molecular weight is 477 g/mol. The number of carbonyl (C=O) groups excluding carboxylic acids is 2. The predicted octanol–water partition coefficient (Wildman–Crippen LogP) is 2.51. The van der Waals surface area contributed by atoms with Gasteiger partial charge in [-0.2, -0.15) is 4.31 Å². The molecule has 1 fully saturated rings. The van der Waals surface area contributed by atoms with Gasteiger partial charge in [0.2, 0.25) is 10.0 Å². The SMILES string of the molecule is C[C@@H]1CCCN(S(=O)(=O)c2ccc(C(=O)Nc3sc4c(c3C(N)=O)CCN(C)C4)cc2)C1. The highest BCUT2D eigenvalue weighted by atomic mass is 32.2. The smallest absolute Gasteiger partial charge is 0.256 e. The number of anilines is 1. The third-order valence-corrected chi connectivity index (χ3v) is 9.11. The highest BCUT2D eigenvalue weighted by Crippen LogP contribution is 2.37. The first kappa shape index (κ1) is 22.9. The van der Waals surface area contributed by atoms with Crippen molar-refractivity contribution in [2.45, 2.75) is 37.6 Å². The lowest BCUT2D eigenvalue weighted by Crippen LogP contribution is -2.39. The van der Waals surface area contributed by atoms with E-state index in [2.05, 4.69) is 17.1 Å². The number of nitrogens with two attached hydrogens (primary N) is 1. The fourth-order valence-electron chi connectivity index (χ4n) is 4.35. The Morgan fingerprint density at radius 1 is 1.19 bits per heavy atom. The number of piperidine rings is 1. The number of hydrogen-bond acceptors (Lipinski definition) is 6. The number of primary amides is 1. The molecule has 1 aromatic heterocycles. The molecule has 8 nitrogen and oxygen atoms in total. The van der Waals surface area contributed by atoms with Crippen LogP contribution in [0.15, 0.2) is 29.2 Å². The zero-order valence-electron chi connectivity index (χ0n) is 18.3. The highest BCUT2D eigenvalue weighted by Gasteiger charge is 2.29. The summed E-state index contributed by atoms with van der Waals surface area (Å²) in [5, 5.41) is 3.25. The maximum atomic E-state index is 12.9. The lowest BCUT2D eigenvalue weighted by Gasteiger charge is -2.30. The van der Waals surface area contributed by atoms with Crippen molar-refractivity contribution in [3.8, 4) is 0 Å². The lowest BCUT2D eigenvalue weighted by molar-refractivity contribution is 0.1000. The molecule has 32 heavy (non-hydrogen) atoms. The second-order valence-electron chi connectivity index (χ2n) is 8.65. The van der Waals surface area contributed by atoms with Crippen molar-refractivity contribution in [3.05, 3.63) is 45.8 Å². The molecule has 4 rings (SSSR count). The number of thiophene rings is 1. The van der Waals surface area contributed by atoms with Gasteiger partial charge in [-0.3, -0.25) is 9.59 Å². The van der Waals surface area contributed by atoms with Gasteiger partial charge >= 0.3 is 0 Å². The monoisotopic (exact) mass is 476 g/mol. The molecule has 3 heterocycles. The summed E-state index contributed by atoms with van der Waals surface area (Å²) in [5.41, 5.74) is 7.22. The fraction of sp³-hybridized carbons (Fsp3) is 0.455. The van der Waals surface area contributed by atoms with Crippen LogP contribution in [0.5, 0.6) is 0 Å². The number of sulfonamides is 1. The van der Waals surface area contributed by atoms with Crippen LogP contribution < -0.4 is 11.1 Å². The van der Waals surface area contributed by atoms with Crippen LogP contribution in [-0.2, 0) is 23.0 Å². The molecule has 1 saturated heterocycles. The number of carbonyl (C=O) groups is 2. The van der Waals surface area contributed by atoms with Gasteiger partial charge in [0.1, 0.15) is 5.00 Å². The van der Waals surface area contributed by atoms with Crippen molar-refractivity contribution in [2.24, 2.45) is 11.7 Å². The summed E-state index contributed by atoms with van der Waals surface area (Å²) >= 11 is 1.37. The zero-order valence-corrected chi connectivity index (χ0v) is 19.9.